The molecule has 0 saturated carbocycles. The zero-order valence-corrected chi connectivity index (χ0v) is 13.6. The predicted octanol–water partition coefficient (Wildman–Crippen LogP) is 3.76. The van der Waals surface area contributed by atoms with E-state index in [-0.39, 0.29) is 18.1 Å². The molecule has 23 heavy (non-hydrogen) atoms. The van der Waals surface area contributed by atoms with Gasteiger partial charge in [-0.2, -0.15) is 0 Å². The molecule has 1 amide bonds. The van der Waals surface area contributed by atoms with Gasteiger partial charge >= 0.3 is 0 Å². The van der Waals surface area contributed by atoms with Gasteiger partial charge in [0.25, 0.3) is 0 Å². The lowest BCUT2D eigenvalue weighted by atomic mass is 10.1. The normalized spacial score (nSPS) is 10.4. The minimum atomic E-state index is -0.129. The van der Waals surface area contributed by atoms with Crippen LogP contribution in [0.15, 0.2) is 34.7 Å². The second kappa shape index (κ2) is 7.63. The molecule has 1 aromatic carbocycles. The quantitative estimate of drug-likeness (QED) is 0.790. The average molecular weight is 315 g/mol. The highest BCUT2D eigenvalue weighted by Gasteiger charge is 2.13. The molecule has 0 fully saturated rings. The summed E-state index contributed by atoms with van der Waals surface area (Å²) in [5.41, 5.74) is 1.22. The maximum absolute atomic E-state index is 12.1. The molecule has 1 aromatic heterocycles. The van der Waals surface area contributed by atoms with Crippen molar-refractivity contribution in [1.29, 1.82) is 0 Å². The van der Waals surface area contributed by atoms with E-state index in [9.17, 15) is 9.59 Å². The van der Waals surface area contributed by atoms with Crippen LogP contribution in [0, 0.1) is 6.92 Å². The Kier molecular flexibility index (Phi) is 5.57. The summed E-state index contributed by atoms with van der Waals surface area (Å²) in [5.74, 6) is 1.72. The first-order chi connectivity index (χ1) is 11.0. The maximum Gasteiger partial charge on any atom is 0.224 e. The Morgan fingerprint density at radius 1 is 1.26 bits per heavy atom. The summed E-state index contributed by atoms with van der Waals surface area (Å²) in [6.07, 6.45) is 0.710. The SMILES string of the molecule is CCOc1ccccc1NC(=O)CCc1cc(C(C)=O)c(C)o1. The Morgan fingerprint density at radius 2 is 2.00 bits per heavy atom. The fourth-order valence-corrected chi connectivity index (χ4v) is 2.32. The molecule has 5 heteroatoms. The molecule has 0 atom stereocenters. The van der Waals surface area contributed by atoms with Crippen LogP contribution in [-0.2, 0) is 11.2 Å². The molecule has 0 aliphatic rings. The zero-order chi connectivity index (χ0) is 16.8. The van der Waals surface area contributed by atoms with Crippen molar-refractivity contribution < 1.29 is 18.7 Å². The van der Waals surface area contributed by atoms with E-state index in [2.05, 4.69) is 5.32 Å². The number of hydrogen-bond donors (Lipinski definition) is 1. The lowest BCUT2D eigenvalue weighted by molar-refractivity contribution is -0.116. The minimum absolute atomic E-state index is 0.0346. The van der Waals surface area contributed by atoms with Gasteiger partial charge in [0.15, 0.2) is 5.78 Å². The molecule has 1 heterocycles. The molecular weight excluding hydrogens is 294 g/mol. The van der Waals surface area contributed by atoms with Crippen LogP contribution in [0.3, 0.4) is 0 Å². The van der Waals surface area contributed by atoms with Gasteiger partial charge in [0, 0.05) is 12.8 Å². The number of carbonyl (C=O) groups is 2. The van der Waals surface area contributed by atoms with Gasteiger partial charge < -0.3 is 14.5 Å². The first-order valence-electron chi connectivity index (χ1n) is 7.63. The summed E-state index contributed by atoms with van der Waals surface area (Å²) in [5, 5.41) is 2.84. The number of amides is 1. The standard InChI is InChI=1S/C18H21NO4/c1-4-22-17-8-6-5-7-16(17)19-18(21)10-9-14-11-15(12(2)20)13(3)23-14/h5-8,11H,4,9-10H2,1-3H3,(H,19,21). The summed E-state index contributed by atoms with van der Waals surface area (Å²) in [4.78, 5) is 23.5. The van der Waals surface area contributed by atoms with E-state index in [4.69, 9.17) is 9.15 Å². The van der Waals surface area contributed by atoms with Gasteiger partial charge in [-0.25, -0.2) is 0 Å². The lowest BCUT2D eigenvalue weighted by Gasteiger charge is -2.10. The summed E-state index contributed by atoms with van der Waals surface area (Å²) in [6, 6.07) is 9.02. The van der Waals surface area contributed by atoms with Crippen molar-refractivity contribution in [2.24, 2.45) is 0 Å². The Morgan fingerprint density at radius 3 is 2.65 bits per heavy atom. The van der Waals surface area contributed by atoms with E-state index in [0.29, 0.717) is 41.5 Å². The Balaban J connectivity index is 1.95. The number of rotatable bonds is 7. The second-order valence-corrected chi connectivity index (χ2v) is 5.22. The molecule has 0 unspecified atom stereocenters. The van der Waals surface area contributed by atoms with Crippen LogP contribution in [-0.4, -0.2) is 18.3 Å². The molecular formula is C18H21NO4. The van der Waals surface area contributed by atoms with Crippen LogP contribution >= 0.6 is 0 Å². The van der Waals surface area contributed by atoms with E-state index in [1.165, 1.54) is 6.92 Å². The van der Waals surface area contributed by atoms with Crippen molar-refractivity contribution >= 4 is 17.4 Å². The van der Waals surface area contributed by atoms with E-state index in [1.54, 1.807) is 19.1 Å². The van der Waals surface area contributed by atoms with Crippen molar-refractivity contribution in [2.75, 3.05) is 11.9 Å². The van der Waals surface area contributed by atoms with Crippen LogP contribution in [0.5, 0.6) is 5.75 Å². The number of ether oxygens (including phenoxy) is 1. The van der Waals surface area contributed by atoms with Gasteiger partial charge in [-0.1, -0.05) is 12.1 Å². The third-order valence-corrected chi connectivity index (χ3v) is 3.41. The van der Waals surface area contributed by atoms with Gasteiger partial charge in [-0.05, 0) is 39.0 Å². The van der Waals surface area contributed by atoms with E-state index in [0.717, 1.165) is 0 Å². The van der Waals surface area contributed by atoms with Crippen LogP contribution in [0.25, 0.3) is 0 Å². The molecule has 0 aliphatic heterocycles. The van der Waals surface area contributed by atoms with Crippen LogP contribution in [0.2, 0.25) is 0 Å². The highest BCUT2D eigenvalue weighted by atomic mass is 16.5. The van der Waals surface area contributed by atoms with Crippen molar-refractivity contribution in [1.82, 2.24) is 0 Å². The van der Waals surface area contributed by atoms with Gasteiger partial charge in [-0.3, -0.25) is 9.59 Å². The molecule has 0 bridgehead atoms. The summed E-state index contributed by atoms with van der Waals surface area (Å²) < 4.78 is 11.0. The highest BCUT2D eigenvalue weighted by molar-refractivity contribution is 5.95. The van der Waals surface area contributed by atoms with Gasteiger partial charge in [-0.15, -0.1) is 0 Å². The molecule has 2 rings (SSSR count). The summed E-state index contributed by atoms with van der Waals surface area (Å²) >= 11 is 0. The molecule has 122 valence electrons. The number of anilines is 1. The molecule has 2 aromatic rings. The van der Waals surface area contributed by atoms with Crippen molar-refractivity contribution in [2.45, 2.75) is 33.6 Å². The molecule has 0 radical (unpaired) electrons. The van der Waals surface area contributed by atoms with Gasteiger partial charge in [0.2, 0.25) is 5.91 Å². The first-order valence-corrected chi connectivity index (χ1v) is 7.63. The third-order valence-electron chi connectivity index (χ3n) is 3.41. The third kappa shape index (κ3) is 4.45. The smallest absolute Gasteiger partial charge is 0.224 e. The number of carbonyl (C=O) groups excluding carboxylic acids is 2. The Labute approximate surface area is 135 Å². The van der Waals surface area contributed by atoms with E-state index < -0.39 is 0 Å². The number of ketones is 1. The van der Waals surface area contributed by atoms with Crippen molar-refractivity contribution in [3.8, 4) is 5.75 Å². The Bertz CT molecular complexity index is 703. The number of para-hydroxylation sites is 2. The fraction of sp³-hybridized carbons (Fsp3) is 0.333. The number of benzene rings is 1. The Hall–Kier alpha value is -2.56. The second-order valence-electron chi connectivity index (χ2n) is 5.22. The van der Waals surface area contributed by atoms with Crippen molar-refractivity contribution in [3.05, 3.63) is 47.4 Å². The highest BCUT2D eigenvalue weighted by Crippen LogP contribution is 2.24. The fourth-order valence-electron chi connectivity index (χ4n) is 2.32. The monoisotopic (exact) mass is 315 g/mol. The summed E-state index contributed by atoms with van der Waals surface area (Å²) in [7, 11) is 0. The van der Waals surface area contributed by atoms with Gasteiger partial charge in [0.05, 0.1) is 17.9 Å². The number of furan rings is 1. The number of hydrogen-bond acceptors (Lipinski definition) is 4. The minimum Gasteiger partial charge on any atom is -0.492 e. The maximum atomic E-state index is 12.1. The number of Topliss-reactive ketones (excluding diaryl/α,β-unsaturated/α-hetero) is 1. The molecule has 0 aliphatic carbocycles. The molecule has 1 N–H and O–H groups in total. The van der Waals surface area contributed by atoms with Crippen LogP contribution in [0.4, 0.5) is 5.69 Å². The van der Waals surface area contributed by atoms with Crippen LogP contribution in [0.1, 0.15) is 42.1 Å². The van der Waals surface area contributed by atoms with Crippen LogP contribution < -0.4 is 10.1 Å². The topological polar surface area (TPSA) is 68.5 Å². The largest absolute Gasteiger partial charge is 0.492 e. The first kappa shape index (κ1) is 16.8. The summed E-state index contributed by atoms with van der Waals surface area (Å²) in [6.45, 7) is 5.68. The van der Waals surface area contributed by atoms with E-state index in [1.807, 2.05) is 25.1 Å². The van der Waals surface area contributed by atoms with Crippen molar-refractivity contribution in [3.63, 3.8) is 0 Å². The number of nitrogens with one attached hydrogen (secondary N) is 1. The molecule has 0 saturated heterocycles. The van der Waals surface area contributed by atoms with Gasteiger partial charge in [0.1, 0.15) is 17.3 Å². The molecule has 5 nitrogen and oxygen atoms in total. The zero-order valence-electron chi connectivity index (χ0n) is 13.6. The number of aryl methyl sites for hydroxylation is 2. The molecule has 0 spiro atoms. The van der Waals surface area contributed by atoms with E-state index >= 15 is 0 Å². The lowest BCUT2D eigenvalue weighted by Crippen LogP contribution is -2.13. The predicted molar refractivity (Wildman–Crippen MR) is 88.0 cm³/mol. The average Bonchev–Trinajstić information content (AvgIpc) is 2.89.